The van der Waals surface area contributed by atoms with Crippen LogP contribution in [-0.2, 0) is 11.8 Å². The summed E-state index contributed by atoms with van der Waals surface area (Å²) < 4.78 is 0. The lowest BCUT2D eigenvalue weighted by Gasteiger charge is -2.19. The Kier molecular flexibility index (Phi) is 2.59. The van der Waals surface area contributed by atoms with Crippen molar-refractivity contribution in [1.82, 2.24) is 5.32 Å². The minimum atomic E-state index is 0.329. The zero-order valence-corrected chi connectivity index (χ0v) is 10.2. The highest BCUT2D eigenvalue weighted by Crippen LogP contribution is 2.44. The predicted octanol–water partition coefficient (Wildman–Crippen LogP) is 3.19. The third-order valence-corrected chi connectivity index (χ3v) is 3.69. The standard InChI is InChI=1S/C14H21N/c1-5-10-6-7-12-11(8-10)13(15-4)9-14(12,2)3/h6-8,13,15H,5,9H2,1-4H3. The normalized spacial score (nSPS) is 22.8. The summed E-state index contributed by atoms with van der Waals surface area (Å²) in [6.07, 6.45) is 2.34. The molecular weight excluding hydrogens is 182 g/mol. The Morgan fingerprint density at radius 3 is 2.73 bits per heavy atom. The number of hydrogen-bond donors (Lipinski definition) is 1. The van der Waals surface area contributed by atoms with E-state index in [1.54, 1.807) is 0 Å². The van der Waals surface area contributed by atoms with Gasteiger partial charge in [-0.05, 0) is 42.0 Å². The minimum Gasteiger partial charge on any atom is -0.313 e. The molecule has 1 N–H and O–H groups in total. The van der Waals surface area contributed by atoms with Crippen molar-refractivity contribution in [3.63, 3.8) is 0 Å². The highest BCUT2D eigenvalue weighted by molar-refractivity contribution is 5.43. The molecule has 82 valence electrons. The van der Waals surface area contributed by atoms with Crippen LogP contribution in [0.5, 0.6) is 0 Å². The second-order valence-electron chi connectivity index (χ2n) is 5.20. The van der Waals surface area contributed by atoms with Crippen molar-refractivity contribution in [3.8, 4) is 0 Å². The van der Waals surface area contributed by atoms with E-state index in [2.05, 4.69) is 51.3 Å². The summed E-state index contributed by atoms with van der Waals surface area (Å²) in [6, 6.07) is 7.52. The second-order valence-corrected chi connectivity index (χ2v) is 5.20. The first-order valence-electron chi connectivity index (χ1n) is 5.89. The smallest absolute Gasteiger partial charge is 0.0328 e. The zero-order valence-electron chi connectivity index (χ0n) is 10.2. The van der Waals surface area contributed by atoms with E-state index in [9.17, 15) is 0 Å². The molecule has 1 nitrogen and oxygen atoms in total. The second kappa shape index (κ2) is 3.64. The summed E-state index contributed by atoms with van der Waals surface area (Å²) in [5.74, 6) is 0. The fourth-order valence-corrected chi connectivity index (χ4v) is 2.72. The molecule has 0 spiro atoms. The van der Waals surface area contributed by atoms with Crippen molar-refractivity contribution >= 4 is 0 Å². The number of aryl methyl sites for hydroxylation is 1. The molecule has 0 bridgehead atoms. The number of hydrogen-bond acceptors (Lipinski definition) is 1. The van der Waals surface area contributed by atoms with Gasteiger partial charge in [-0.1, -0.05) is 39.0 Å². The maximum atomic E-state index is 3.43. The summed E-state index contributed by atoms with van der Waals surface area (Å²) in [6.45, 7) is 6.90. The third kappa shape index (κ3) is 1.69. The first-order valence-corrected chi connectivity index (χ1v) is 5.89. The van der Waals surface area contributed by atoms with Crippen LogP contribution in [0.25, 0.3) is 0 Å². The van der Waals surface area contributed by atoms with Gasteiger partial charge in [0.05, 0.1) is 0 Å². The molecule has 1 aliphatic carbocycles. The lowest BCUT2D eigenvalue weighted by molar-refractivity contribution is 0.447. The molecule has 1 aromatic rings. The molecule has 0 saturated heterocycles. The van der Waals surface area contributed by atoms with Crippen molar-refractivity contribution in [3.05, 3.63) is 34.9 Å². The maximum absolute atomic E-state index is 3.43. The lowest BCUT2D eigenvalue weighted by atomic mass is 9.86. The summed E-state index contributed by atoms with van der Waals surface area (Å²) in [4.78, 5) is 0. The topological polar surface area (TPSA) is 12.0 Å². The van der Waals surface area contributed by atoms with Gasteiger partial charge in [-0.2, -0.15) is 0 Å². The molecule has 0 radical (unpaired) electrons. The Balaban J connectivity index is 2.49. The molecule has 1 aliphatic rings. The van der Waals surface area contributed by atoms with Crippen molar-refractivity contribution < 1.29 is 0 Å². The average molecular weight is 203 g/mol. The first kappa shape index (κ1) is 10.7. The Bertz CT molecular complexity index is 366. The van der Waals surface area contributed by atoms with Crippen LogP contribution in [-0.4, -0.2) is 7.05 Å². The molecule has 1 aromatic carbocycles. The molecule has 0 aliphatic heterocycles. The summed E-state index contributed by atoms with van der Waals surface area (Å²) in [7, 11) is 2.06. The van der Waals surface area contributed by atoms with Crippen LogP contribution < -0.4 is 5.32 Å². The van der Waals surface area contributed by atoms with Gasteiger partial charge in [-0.3, -0.25) is 0 Å². The van der Waals surface area contributed by atoms with Crippen LogP contribution in [0.15, 0.2) is 18.2 Å². The Morgan fingerprint density at radius 2 is 2.13 bits per heavy atom. The molecule has 0 amide bonds. The fourth-order valence-electron chi connectivity index (χ4n) is 2.72. The van der Waals surface area contributed by atoms with Crippen LogP contribution in [0.4, 0.5) is 0 Å². The van der Waals surface area contributed by atoms with Crippen molar-refractivity contribution in [2.24, 2.45) is 0 Å². The van der Waals surface area contributed by atoms with Gasteiger partial charge in [0.25, 0.3) is 0 Å². The van der Waals surface area contributed by atoms with Gasteiger partial charge >= 0.3 is 0 Å². The van der Waals surface area contributed by atoms with Crippen LogP contribution in [0.1, 0.15) is 49.9 Å². The first-order chi connectivity index (χ1) is 7.08. The number of benzene rings is 1. The van der Waals surface area contributed by atoms with Gasteiger partial charge in [-0.25, -0.2) is 0 Å². The molecule has 15 heavy (non-hydrogen) atoms. The van der Waals surface area contributed by atoms with Gasteiger partial charge < -0.3 is 5.32 Å². The number of fused-ring (bicyclic) bond motifs is 1. The monoisotopic (exact) mass is 203 g/mol. The molecule has 0 saturated carbocycles. The van der Waals surface area contributed by atoms with Gasteiger partial charge in [-0.15, -0.1) is 0 Å². The van der Waals surface area contributed by atoms with Crippen molar-refractivity contribution in [2.45, 2.75) is 45.1 Å². The SMILES string of the molecule is CCc1ccc2c(c1)C(NC)CC2(C)C. The predicted molar refractivity (Wildman–Crippen MR) is 65.3 cm³/mol. The van der Waals surface area contributed by atoms with E-state index in [1.807, 2.05) is 0 Å². The quantitative estimate of drug-likeness (QED) is 0.778. The van der Waals surface area contributed by atoms with Crippen LogP contribution >= 0.6 is 0 Å². The van der Waals surface area contributed by atoms with E-state index in [1.165, 1.54) is 23.1 Å². The molecule has 0 fully saturated rings. The summed E-state index contributed by atoms with van der Waals surface area (Å²) in [5.41, 5.74) is 4.82. The zero-order chi connectivity index (χ0) is 11.1. The summed E-state index contributed by atoms with van der Waals surface area (Å²) in [5, 5.41) is 3.43. The summed E-state index contributed by atoms with van der Waals surface area (Å²) >= 11 is 0. The van der Waals surface area contributed by atoms with Gasteiger partial charge in [0.1, 0.15) is 0 Å². The third-order valence-electron chi connectivity index (χ3n) is 3.69. The fraction of sp³-hybridized carbons (Fsp3) is 0.571. The highest BCUT2D eigenvalue weighted by Gasteiger charge is 2.35. The van der Waals surface area contributed by atoms with E-state index in [0.29, 0.717) is 11.5 Å². The maximum Gasteiger partial charge on any atom is 0.0328 e. The molecule has 1 atom stereocenters. The van der Waals surface area contributed by atoms with E-state index < -0.39 is 0 Å². The minimum absolute atomic E-state index is 0.329. The van der Waals surface area contributed by atoms with Crippen LogP contribution in [0.2, 0.25) is 0 Å². The largest absolute Gasteiger partial charge is 0.313 e. The number of nitrogens with one attached hydrogen (secondary N) is 1. The lowest BCUT2D eigenvalue weighted by Crippen LogP contribution is -2.17. The van der Waals surface area contributed by atoms with Crippen molar-refractivity contribution in [2.75, 3.05) is 7.05 Å². The molecule has 0 heterocycles. The van der Waals surface area contributed by atoms with Gasteiger partial charge in [0, 0.05) is 6.04 Å². The van der Waals surface area contributed by atoms with E-state index >= 15 is 0 Å². The van der Waals surface area contributed by atoms with Crippen LogP contribution in [0.3, 0.4) is 0 Å². The average Bonchev–Trinajstić information content (AvgIpc) is 2.50. The number of rotatable bonds is 2. The van der Waals surface area contributed by atoms with E-state index in [0.717, 1.165) is 6.42 Å². The molecule has 0 aromatic heterocycles. The van der Waals surface area contributed by atoms with Gasteiger partial charge in [0.15, 0.2) is 0 Å². The molecule has 2 rings (SSSR count). The Morgan fingerprint density at radius 1 is 1.40 bits per heavy atom. The van der Waals surface area contributed by atoms with Crippen molar-refractivity contribution in [1.29, 1.82) is 0 Å². The molecule has 1 heteroatoms. The van der Waals surface area contributed by atoms with Gasteiger partial charge in [0.2, 0.25) is 0 Å². The highest BCUT2D eigenvalue weighted by atomic mass is 14.9. The van der Waals surface area contributed by atoms with E-state index in [-0.39, 0.29) is 0 Å². The van der Waals surface area contributed by atoms with E-state index in [4.69, 9.17) is 0 Å². The molecular formula is C14H21N. The van der Waals surface area contributed by atoms with Crippen LogP contribution in [0, 0.1) is 0 Å². The Hall–Kier alpha value is -0.820. The Labute approximate surface area is 92.9 Å². The molecule has 1 unspecified atom stereocenters.